The maximum absolute atomic E-state index is 5.35. The van der Waals surface area contributed by atoms with Crippen LogP contribution in [0.5, 0.6) is 11.5 Å². The molecule has 19 heavy (non-hydrogen) atoms. The molecule has 5 heteroatoms. The largest absolute Gasteiger partial charge is 0.493 e. The lowest BCUT2D eigenvalue weighted by molar-refractivity contribution is 0.354. The summed E-state index contributed by atoms with van der Waals surface area (Å²) >= 11 is 5.63. The lowest BCUT2D eigenvalue weighted by atomic mass is 10.1. The van der Waals surface area contributed by atoms with Crippen molar-refractivity contribution in [3.63, 3.8) is 0 Å². The summed E-state index contributed by atoms with van der Waals surface area (Å²) in [6, 6.07) is 4.62. The lowest BCUT2D eigenvalue weighted by Gasteiger charge is -2.23. The summed E-state index contributed by atoms with van der Waals surface area (Å²) < 4.78 is 11.7. The highest BCUT2D eigenvalue weighted by atomic mass is 79.9. The Labute approximate surface area is 127 Å². The number of benzene rings is 1. The molecule has 2 rings (SSSR count). The molecule has 106 valence electrons. The van der Waals surface area contributed by atoms with Crippen molar-refractivity contribution in [1.29, 1.82) is 0 Å². The molecule has 1 aliphatic heterocycles. The first-order valence-electron chi connectivity index (χ1n) is 6.46. The molecule has 0 spiro atoms. The molecule has 1 unspecified atom stereocenters. The minimum atomic E-state index is 0.624. The fraction of sp³-hybridized carbons (Fsp3) is 0.571. The maximum atomic E-state index is 5.35. The molecule has 1 saturated heterocycles. The Morgan fingerprint density at radius 3 is 2.68 bits per heavy atom. The van der Waals surface area contributed by atoms with E-state index in [9.17, 15) is 0 Å². The molecule has 1 N–H and O–H groups in total. The average Bonchev–Trinajstić information content (AvgIpc) is 2.46. The fourth-order valence-corrected chi connectivity index (χ4v) is 3.76. The molecular formula is C14H20BrNO2S. The number of methoxy groups -OCH3 is 2. The molecule has 0 saturated carbocycles. The Kier molecular flexibility index (Phi) is 5.85. The summed E-state index contributed by atoms with van der Waals surface area (Å²) in [5.41, 5.74) is 1.20. The number of rotatable bonds is 5. The molecule has 0 amide bonds. The van der Waals surface area contributed by atoms with Crippen LogP contribution in [0.4, 0.5) is 0 Å². The van der Waals surface area contributed by atoms with E-state index in [2.05, 4.69) is 21.2 Å². The standard InChI is InChI=1S/C14H20BrNO2S/c1-17-13-6-10(12(15)7-14(13)18-2)8-16-11-4-3-5-19-9-11/h6-7,11,16H,3-5,8-9H2,1-2H3. The smallest absolute Gasteiger partial charge is 0.161 e. The van der Waals surface area contributed by atoms with Crippen molar-refractivity contribution in [1.82, 2.24) is 5.32 Å². The molecule has 0 bridgehead atoms. The van der Waals surface area contributed by atoms with Gasteiger partial charge in [-0.1, -0.05) is 15.9 Å². The monoisotopic (exact) mass is 345 g/mol. The van der Waals surface area contributed by atoms with Crippen molar-refractivity contribution >= 4 is 27.7 Å². The zero-order valence-corrected chi connectivity index (χ0v) is 13.8. The maximum Gasteiger partial charge on any atom is 0.161 e. The Balaban J connectivity index is 2.02. The third-order valence-corrected chi connectivity index (χ3v) is 5.25. The van der Waals surface area contributed by atoms with Gasteiger partial charge in [0.1, 0.15) is 0 Å². The predicted molar refractivity (Wildman–Crippen MR) is 84.4 cm³/mol. The molecule has 0 radical (unpaired) electrons. The molecule has 1 aromatic rings. The van der Waals surface area contributed by atoms with Gasteiger partial charge in [0.25, 0.3) is 0 Å². The second kappa shape index (κ2) is 7.41. The molecule has 3 nitrogen and oxygen atoms in total. The minimum Gasteiger partial charge on any atom is -0.493 e. The molecule has 1 aromatic carbocycles. The molecule has 0 aliphatic carbocycles. The Bertz CT molecular complexity index is 422. The Morgan fingerprint density at radius 1 is 1.32 bits per heavy atom. The van der Waals surface area contributed by atoms with Crippen molar-refractivity contribution < 1.29 is 9.47 Å². The second-order valence-corrected chi connectivity index (χ2v) is 6.60. The van der Waals surface area contributed by atoms with Gasteiger partial charge in [-0.2, -0.15) is 11.8 Å². The zero-order valence-electron chi connectivity index (χ0n) is 11.4. The third kappa shape index (κ3) is 4.04. The fourth-order valence-electron chi connectivity index (χ4n) is 2.19. The highest BCUT2D eigenvalue weighted by Crippen LogP contribution is 2.33. The molecule has 1 fully saturated rings. The van der Waals surface area contributed by atoms with E-state index in [-0.39, 0.29) is 0 Å². The second-order valence-electron chi connectivity index (χ2n) is 4.59. The van der Waals surface area contributed by atoms with E-state index in [4.69, 9.17) is 9.47 Å². The highest BCUT2D eigenvalue weighted by Gasteiger charge is 2.14. The van der Waals surface area contributed by atoms with Gasteiger partial charge in [-0.25, -0.2) is 0 Å². The summed E-state index contributed by atoms with van der Waals surface area (Å²) in [5.74, 6) is 4.05. The SMILES string of the molecule is COc1cc(Br)c(CNC2CCCSC2)cc1OC. The van der Waals surface area contributed by atoms with Gasteiger partial charge in [-0.3, -0.25) is 0 Å². The van der Waals surface area contributed by atoms with Crippen molar-refractivity contribution in [2.24, 2.45) is 0 Å². The van der Waals surface area contributed by atoms with Gasteiger partial charge in [0.05, 0.1) is 14.2 Å². The van der Waals surface area contributed by atoms with Gasteiger partial charge in [0, 0.05) is 22.8 Å². The molecule has 0 aromatic heterocycles. The van der Waals surface area contributed by atoms with E-state index in [0.29, 0.717) is 6.04 Å². The lowest BCUT2D eigenvalue weighted by Crippen LogP contribution is -2.33. The number of thioether (sulfide) groups is 1. The summed E-state index contributed by atoms with van der Waals surface area (Å²) in [5, 5.41) is 3.62. The van der Waals surface area contributed by atoms with Crippen LogP contribution in [-0.4, -0.2) is 31.8 Å². The van der Waals surface area contributed by atoms with E-state index in [1.165, 1.54) is 29.9 Å². The zero-order chi connectivity index (χ0) is 13.7. The van der Waals surface area contributed by atoms with Crippen LogP contribution in [0, 0.1) is 0 Å². The van der Waals surface area contributed by atoms with E-state index in [1.807, 2.05) is 23.9 Å². The first-order valence-corrected chi connectivity index (χ1v) is 8.41. The van der Waals surface area contributed by atoms with Crippen LogP contribution in [0.3, 0.4) is 0 Å². The predicted octanol–water partition coefficient (Wildman–Crippen LogP) is 3.45. The summed E-state index contributed by atoms with van der Waals surface area (Å²) in [4.78, 5) is 0. The van der Waals surface area contributed by atoms with Crippen LogP contribution in [-0.2, 0) is 6.54 Å². The number of hydrogen-bond donors (Lipinski definition) is 1. The molecule has 1 heterocycles. The van der Waals surface area contributed by atoms with Crippen molar-refractivity contribution in [3.8, 4) is 11.5 Å². The summed E-state index contributed by atoms with van der Waals surface area (Å²) in [6.45, 7) is 0.853. The normalized spacial score (nSPS) is 19.2. The Morgan fingerprint density at radius 2 is 2.05 bits per heavy atom. The number of halogens is 1. The molecule has 1 aliphatic rings. The quantitative estimate of drug-likeness (QED) is 0.885. The van der Waals surface area contributed by atoms with E-state index in [0.717, 1.165) is 22.5 Å². The van der Waals surface area contributed by atoms with Gasteiger partial charge in [-0.15, -0.1) is 0 Å². The van der Waals surface area contributed by atoms with E-state index < -0.39 is 0 Å². The average molecular weight is 346 g/mol. The number of ether oxygens (including phenoxy) is 2. The summed E-state index contributed by atoms with van der Waals surface area (Å²) in [6.07, 6.45) is 2.59. The van der Waals surface area contributed by atoms with Gasteiger partial charge < -0.3 is 14.8 Å². The van der Waals surface area contributed by atoms with E-state index >= 15 is 0 Å². The Hall–Kier alpha value is -0.390. The first-order chi connectivity index (χ1) is 9.24. The van der Waals surface area contributed by atoms with Crippen LogP contribution < -0.4 is 14.8 Å². The van der Waals surface area contributed by atoms with Crippen LogP contribution in [0.25, 0.3) is 0 Å². The number of hydrogen-bond acceptors (Lipinski definition) is 4. The van der Waals surface area contributed by atoms with E-state index in [1.54, 1.807) is 14.2 Å². The molecule has 1 atom stereocenters. The minimum absolute atomic E-state index is 0.624. The van der Waals surface area contributed by atoms with Crippen LogP contribution in [0.2, 0.25) is 0 Å². The van der Waals surface area contributed by atoms with Crippen LogP contribution in [0.1, 0.15) is 18.4 Å². The summed E-state index contributed by atoms with van der Waals surface area (Å²) in [7, 11) is 3.32. The van der Waals surface area contributed by atoms with Crippen LogP contribution >= 0.6 is 27.7 Å². The molecular weight excluding hydrogens is 326 g/mol. The van der Waals surface area contributed by atoms with Gasteiger partial charge >= 0.3 is 0 Å². The van der Waals surface area contributed by atoms with Crippen LogP contribution in [0.15, 0.2) is 16.6 Å². The van der Waals surface area contributed by atoms with Gasteiger partial charge in [0.15, 0.2) is 11.5 Å². The van der Waals surface area contributed by atoms with Gasteiger partial charge in [-0.05, 0) is 36.3 Å². The highest BCUT2D eigenvalue weighted by molar-refractivity contribution is 9.10. The van der Waals surface area contributed by atoms with Gasteiger partial charge in [0.2, 0.25) is 0 Å². The van der Waals surface area contributed by atoms with Crippen molar-refractivity contribution in [3.05, 3.63) is 22.2 Å². The topological polar surface area (TPSA) is 30.5 Å². The van der Waals surface area contributed by atoms with Crippen molar-refractivity contribution in [2.45, 2.75) is 25.4 Å². The van der Waals surface area contributed by atoms with Crippen molar-refractivity contribution in [2.75, 3.05) is 25.7 Å². The third-order valence-electron chi connectivity index (χ3n) is 3.29. The number of nitrogens with one attached hydrogen (secondary N) is 1. The first kappa shape index (κ1) is 15.0.